The highest BCUT2D eigenvalue weighted by atomic mass is 32.1. The van der Waals surface area contributed by atoms with Crippen molar-refractivity contribution in [3.63, 3.8) is 0 Å². The molecule has 0 fully saturated rings. The van der Waals surface area contributed by atoms with Crippen LogP contribution in [0.25, 0.3) is 5.65 Å². The Balaban J connectivity index is 1.79. The van der Waals surface area contributed by atoms with Crippen LogP contribution in [0.2, 0.25) is 0 Å². The number of hydrogen-bond donors (Lipinski definition) is 1. The van der Waals surface area contributed by atoms with Crippen LogP contribution < -0.4 is 5.32 Å². The third kappa shape index (κ3) is 3.56. The Labute approximate surface area is 149 Å². The summed E-state index contributed by atoms with van der Waals surface area (Å²) in [6.45, 7) is 7.25. The second-order valence-electron chi connectivity index (χ2n) is 5.95. The Morgan fingerprint density at radius 3 is 2.72 bits per heavy atom. The number of anilines is 1. The number of aryl methyl sites for hydroxylation is 2. The van der Waals surface area contributed by atoms with Gasteiger partial charge in [0.25, 0.3) is 0 Å². The molecule has 3 aromatic heterocycles. The highest BCUT2D eigenvalue weighted by Crippen LogP contribution is 2.33. The molecule has 0 aliphatic carbocycles. The molecule has 7 heteroatoms. The molecule has 3 aromatic rings. The standard InChI is InChI=1S/C18H19N3O3S/c1-10-5-6-15-20-14(8-21(15)7-10)9-24-18(23)16-11(2)12(3)25-17(16)19-13(4)22/h5-8H,9H2,1-4H3,(H,19,22). The van der Waals surface area contributed by atoms with E-state index in [4.69, 9.17) is 4.74 Å². The quantitative estimate of drug-likeness (QED) is 0.724. The average molecular weight is 357 g/mol. The molecular formula is C18H19N3O3S. The number of nitrogens with zero attached hydrogens (tertiary/aromatic N) is 2. The van der Waals surface area contributed by atoms with Gasteiger partial charge in [0.05, 0.1) is 11.3 Å². The summed E-state index contributed by atoms with van der Waals surface area (Å²) < 4.78 is 7.33. The lowest BCUT2D eigenvalue weighted by Crippen LogP contribution is -2.12. The molecule has 0 saturated heterocycles. The molecule has 0 radical (unpaired) electrons. The zero-order valence-corrected chi connectivity index (χ0v) is 15.4. The largest absolute Gasteiger partial charge is 0.455 e. The maximum atomic E-state index is 12.5. The van der Waals surface area contributed by atoms with Gasteiger partial charge in [0.15, 0.2) is 0 Å². The monoisotopic (exact) mass is 357 g/mol. The molecule has 0 aliphatic rings. The van der Waals surface area contributed by atoms with Gasteiger partial charge in [0.2, 0.25) is 5.91 Å². The van der Waals surface area contributed by atoms with Gasteiger partial charge in [-0.05, 0) is 38.0 Å². The van der Waals surface area contributed by atoms with E-state index < -0.39 is 5.97 Å². The Morgan fingerprint density at radius 2 is 2.00 bits per heavy atom. The van der Waals surface area contributed by atoms with Crippen LogP contribution in [-0.4, -0.2) is 21.3 Å². The highest BCUT2D eigenvalue weighted by Gasteiger charge is 2.22. The van der Waals surface area contributed by atoms with E-state index in [2.05, 4.69) is 10.3 Å². The number of fused-ring (bicyclic) bond motifs is 1. The molecule has 130 valence electrons. The Bertz CT molecular complexity index is 972. The molecule has 0 saturated carbocycles. The average Bonchev–Trinajstić information content (AvgIpc) is 3.05. The lowest BCUT2D eigenvalue weighted by molar-refractivity contribution is -0.114. The first-order valence-corrected chi connectivity index (χ1v) is 8.65. The number of imidazole rings is 1. The van der Waals surface area contributed by atoms with Crippen LogP contribution in [0.4, 0.5) is 5.00 Å². The summed E-state index contributed by atoms with van der Waals surface area (Å²) >= 11 is 1.37. The molecule has 0 atom stereocenters. The number of carbonyl (C=O) groups is 2. The zero-order chi connectivity index (χ0) is 18.1. The Kier molecular flexibility index (Phi) is 4.59. The number of pyridine rings is 1. The van der Waals surface area contributed by atoms with Gasteiger partial charge in [-0.15, -0.1) is 11.3 Å². The van der Waals surface area contributed by atoms with E-state index in [0.29, 0.717) is 16.3 Å². The summed E-state index contributed by atoms with van der Waals surface area (Å²) in [5.41, 5.74) is 3.84. The lowest BCUT2D eigenvalue weighted by atomic mass is 10.1. The predicted octanol–water partition coefficient (Wildman–Crippen LogP) is 3.64. The van der Waals surface area contributed by atoms with Gasteiger partial charge < -0.3 is 14.5 Å². The van der Waals surface area contributed by atoms with Gasteiger partial charge >= 0.3 is 5.97 Å². The van der Waals surface area contributed by atoms with Crippen molar-refractivity contribution in [3.05, 3.63) is 51.8 Å². The van der Waals surface area contributed by atoms with E-state index in [1.54, 1.807) is 0 Å². The maximum absolute atomic E-state index is 12.5. The molecular weight excluding hydrogens is 338 g/mol. The SMILES string of the molecule is CC(=O)Nc1sc(C)c(C)c1C(=O)OCc1cn2cc(C)ccc2n1. The number of amides is 1. The summed E-state index contributed by atoms with van der Waals surface area (Å²) in [6, 6.07) is 3.90. The first kappa shape index (κ1) is 17.2. The van der Waals surface area contributed by atoms with Crippen molar-refractivity contribution in [1.29, 1.82) is 0 Å². The van der Waals surface area contributed by atoms with Crippen LogP contribution in [0.15, 0.2) is 24.5 Å². The summed E-state index contributed by atoms with van der Waals surface area (Å²) in [7, 11) is 0. The number of carbonyl (C=O) groups excluding carboxylic acids is 2. The Morgan fingerprint density at radius 1 is 1.24 bits per heavy atom. The topological polar surface area (TPSA) is 72.7 Å². The molecule has 0 bridgehead atoms. The third-order valence-corrected chi connectivity index (χ3v) is 5.00. The molecule has 0 aromatic carbocycles. The number of hydrogen-bond acceptors (Lipinski definition) is 5. The number of esters is 1. The minimum atomic E-state index is -0.459. The molecule has 0 unspecified atom stereocenters. The first-order valence-electron chi connectivity index (χ1n) is 7.84. The second kappa shape index (κ2) is 6.68. The summed E-state index contributed by atoms with van der Waals surface area (Å²) in [5, 5.41) is 3.23. The van der Waals surface area contributed by atoms with Gasteiger partial charge in [-0.25, -0.2) is 9.78 Å². The van der Waals surface area contributed by atoms with Crippen LogP contribution in [0, 0.1) is 20.8 Å². The van der Waals surface area contributed by atoms with E-state index >= 15 is 0 Å². The molecule has 6 nitrogen and oxygen atoms in total. The fourth-order valence-electron chi connectivity index (χ4n) is 2.56. The number of rotatable bonds is 4. The second-order valence-corrected chi connectivity index (χ2v) is 7.17. The zero-order valence-electron chi connectivity index (χ0n) is 14.5. The third-order valence-electron chi connectivity index (χ3n) is 3.88. The highest BCUT2D eigenvalue weighted by molar-refractivity contribution is 7.16. The Hall–Kier alpha value is -2.67. The van der Waals surface area contributed by atoms with E-state index in [-0.39, 0.29) is 12.5 Å². The van der Waals surface area contributed by atoms with E-state index in [9.17, 15) is 9.59 Å². The van der Waals surface area contributed by atoms with Crippen LogP contribution in [0.5, 0.6) is 0 Å². The number of ether oxygens (including phenoxy) is 1. The number of thiophene rings is 1. The van der Waals surface area contributed by atoms with E-state index in [1.807, 2.05) is 49.7 Å². The van der Waals surface area contributed by atoms with Crippen molar-refractivity contribution in [3.8, 4) is 0 Å². The van der Waals surface area contributed by atoms with E-state index in [1.165, 1.54) is 18.3 Å². The first-order chi connectivity index (χ1) is 11.8. The molecule has 25 heavy (non-hydrogen) atoms. The molecule has 3 rings (SSSR count). The minimum Gasteiger partial charge on any atom is -0.455 e. The van der Waals surface area contributed by atoms with E-state index in [0.717, 1.165) is 21.7 Å². The van der Waals surface area contributed by atoms with Crippen molar-refractivity contribution in [2.75, 3.05) is 5.32 Å². The van der Waals surface area contributed by atoms with Crippen LogP contribution in [0.3, 0.4) is 0 Å². The minimum absolute atomic E-state index is 0.0768. The van der Waals surface area contributed by atoms with Crippen molar-refractivity contribution in [2.45, 2.75) is 34.3 Å². The molecule has 0 spiro atoms. The van der Waals surface area contributed by atoms with Gasteiger partial charge in [0, 0.05) is 24.2 Å². The number of aromatic nitrogens is 2. The van der Waals surface area contributed by atoms with Crippen molar-refractivity contribution < 1.29 is 14.3 Å². The van der Waals surface area contributed by atoms with Crippen molar-refractivity contribution in [1.82, 2.24) is 9.38 Å². The smallest absolute Gasteiger partial charge is 0.341 e. The van der Waals surface area contributed by atoms with Crippen LogP contribution >= 0.6 is 11.3 Å². The molecule has 0 aliphatic heterocycles. The molecule has 1 N–H and O–H groups in total. The van der Waals surface area contributed by atoms with Gasteiger partial charge in [-0.2, -0.15) is 0 Å². The summed E-state index contributed by atoms with van der Waals surface area (Å²) in [6.07, 6.45) is 3.81. The predicted molar refractivity (Wildman–Crippen MR) is 97.1 cm³/mol. The van der Waals surface area contributed by atoms with Gasteiger partial charge in [-0.1, -0.05) is 6.07 Å². The summed E-state index contributed by atoms with van der Waals surface area (Å²) in [4.78, 5) is 29.3. The molecule has 1 amide bonds. The fraction of sp³-hybridized carbons (Fsp3) is 0.278. The van der Waals surface area contributed by atoms with Crippen molar-refractivity contribution in [2.24, 2.45) is 0 Å². The van der Waals surface area contributed by atoms with Crippen LogP contribution in [0.1, 0.15) is 39.0 Å². The summed E-state index contributed by atoms with van der Waals surface area (Å²) in [5.74, 6) is -0.676. The number of nitrogens with one attached hydrogen (secondary N) is 1. The van der Waals surface area contributed by atoms with Crippen molar-refractivity contribution >= 4 is 33.9 Å². The normalized spacial score (nSPS) is 10.9. The lowest BCUT2D eigenvalue weighted by Gasteiger charge is -2.06. The fourth-order valence-corrected chi connectivity index (χ4v) is 3.65. The molecule has 3 heterocycles. The van der Waals surface area contributed by atoms with Gasteiger partial charge in [0.1, 0.15) is 17.3 Å². The maximum Gasteiger partial charge on any atom is 0.341 e. The van der Waals surface area contributed by atoms with Gasteiger partial charge in [-0.3, -0.25) is 4.79 Å². The van der Waals surface area contributed by atoms with Crippen LogP contribution in [-0.2, 0) is 16.1 Å².